The third-order valence-corrected chi connectivity index (χ3v) is 4.35. The van der Waals surface area contributed by atoms with Gasteiger partial charge in [-0.2, -0.15) is 13.5 Å². The molecule has 0 bridgehead atoms. The zero-order valence-corrected chi connectivity index (χ0v) is 13.5. The summed E-state index contributed by atoms with van der Waals surface area (Å²) >= 11 is 0. The quantitative estimate of drug-likeness (QED) is 0.540. The van der Waals surface area contributed by atoms with Crippen molar-refractivity contribution in [1.82, 2.24) is 0 Å². The third kappa shape index (κ3) is 3.12. The average molecular weight is 342 g/mol. The largest absolute Gasteiger partial charge is 0.506 e. The number of aryl methyl sites for hydroxylation is 1. The van der Waals surface area contributed by atoms with Crippen molar-refractivity contribution in [3.05, 3.63) is 60.2 Å². The maximum absolute atomic E-state index is 11.7. The molecule has 0 aliphatic rings. The van der Waals surface area contributed by atoms with E-state index in [0.29, 0.717) is 16.6 Å². The lowest BCUT2D eigenvalue weighted by Crippen LogP contribution is -2.00. The highest BCUT2D eigenvalue weighted by molar-refractivity contribution is 7.86. The Morgan fingerprint density at radius 2 is 1.67 bits per heavy atom. The Hall–Kier alpha value is -2.77. The van der Waals surface area contributed by atoms with Crippen LogP contribution in [0.1, 0.15) is 5.56 Å². The van der Waals surface area contributed by atoms with E-state index in [0.717, 1.165) is 0 Å². The van der Waals surface area contributed by atoms with Crippen molar-refractivity contribution in [2.75, 3.05) is 0 Å². The number of aromatic hydroxyl groups is 1. The number of rotatable bonds is 3. The number of hydrogen-bond donors (Lipinski definition) is 2. The summed E-state index contributed by atoms with van der Waals surface area (Å²) in [5.41, 5.74) is 1.20. The summed E-state index contributed by atoms with van der Waals surface area (Å²) < 4.78 is 33.0. The number of fused-ring (bicyclic) bond motifs is 1. The van der Waals surface area contributed by atoms with Crippen molar-refractivity contribution in [3.8, 4) is 5.75 Å². The van der Waals surface area contributed by atoms with Gasteiger partial charge < -0.3 is 5.11 Å². The van der Waals surface area contributed by atoms with Gasteiger partial charge in [0.15, 0.2) is 0 Å². The summed E-state index contributed by atoms with van der Waals surface area (Å²) in [6.45, 7) is 1.71. The van der Waals surface area contributed by atoms with E-state index >= 15 is 0 Å². The van der Waals surface area contributed by atoms with Gasteiger partial charge in [-0.25, -0.2) is 0 Å². The molecule has 3 rings (SSSR count). The molecule has 0 fully saturated rings. The zero-order chi connectivity index (χ0) is 17.3. The Morgan fingerprint density at radius 1 is 0.958 bits per heavy atom. The second-order valence-electron chi connectivity index (χ2n) is 5.31. The van der Waals surface area contributed by atoms with Gasteiger partial charge in [-0.3, -0.25) is 4.55 Å². The second-order valence-corrected chi connectivity index (χ2v) is 6.70. The van der Waals surface area contributed by atoms with Crippen molar-refractivity contribution >= 4 is 32.3 Å². The number of phenolic OH excluding ortho intramolecular Hbond substituents is 1. The minimum absolute atomic E-state index is 0.0102. The van der Waals surface area contributed by atoms with Gasteiger partial charge in [0.2, 0.25) is 0 Å². The van der Waals surface area contributed by atoms with Crippen molar-refractivity contribution in [1.29, 1.82) is 0 Å². The summed E-state index contributed by atoms with van der Waals surface area (Å²) in [6.07, 6.45) is 0. The van der Waals surface area contributed by atoms with Gasteiger partial charge in [-0.1, -0.05) is 30.3 Å². The Kier molecular flexibility index (Phi) is 4.04. The first kappa shape index (κ1) is 16.1. The molecule has 0 aliphatic heterocycles. The van der Waals surface area contributed by atoms with Gasteiger partial charge in [0, 0.05) is 5.39 Å². The molecule has 3 aromatic carbocycles. The van der Waals surface area contributed by atoms with E-state index in [1.165, 1.54) is 12.1 Å². The fourth-order valence-corrected chi connectivity index (χ4v) is 3.26. The van der Waals surface area contributed by atoms with Crippen LogP contribution in [0, 0.1) is 6.92 Å². The summed E-state index contributed by atoms with van der Waals surface area (Å²) in [6, 6.07) is 14.9. The first-order valence-electron chi connectivity index (χ1n) is 7.07. The molecular formula is C17H14N2O4S. The normalized spacial score (nSPS) is 12.1. The maximum atomic E-state index is 11.7. The summed E-state index contributed by atoms with van der Waals surface area (Å²) in [7, 11) is -4.49. The highest BCUT2D eigenvalue weighted by atomic mass is 32.2. The summed E-state index contributed by atoms with van der Waals surface area (Å²) in [4.78, 5) is -0.310. The molecule has 2 N–H and O–H groups in total. The molecule has 3 aromatic rings. The molecule has 7 heteroatoms. The Bertz CT molecular complexity index is 1050. The van der Waals surface area contributed by atoms with Gasteiger partial charge in [-0.05, 0) is 42.1 Å². The maximum Gasteiger partial charge on any atom is 0.295 e. The first-order chi connectivity index (χ1) is 11.4. The van der Waals surface area contributed by atoms with Gasteiger partial charge in [0.25, 0.3) is 10.1 Å². The summed E-state index contributed by atoms with van der Waals surface area (Å²) in [5, 5.41) is 18.8. The van der Waals surface area contributed by atoms with Gasteiger partial charge in [0.1, 0.15) is 16.3 Å². The minimum atomic E-state index is -4.49. The van der Waals surface area contributed by atoms with Crippen LogP contribution >= 0.6 is 0 Å². The van der Waals surface area contributed by atoms with Crippen LogP contribution in [0.2, 0.25) is 0 Å². The molecule has 0 radical (unpaired) electrons. The molecule has 24 heavy (non-hydrogen) atoms. The SMILES string of the molecule is Cc1cc(S(=O)(=O)O)c2c(N=Nc3ccccc3)c(O)ccc2c1. The molecule has 0 spiro atoms. The average Bonchev–Trinajstić information content (AvgIpc) is 2.53. The van der Waals surface area contributed by atoms with E-state index in [1.54, 1.807) is 43.3 Å². The van der Waals surface area contributed by atoms with Gasteiger partial charge in [-0.15, -0.1) is 5.11 Å². The van der Waals surface area contributed by atoms with Crippen LogP contribution in [0.25, 0.3) is 10.8 Å². The number of phenols is 1. The zero-order valence-electron chi connectivity index (χ0n) is 12.7. The Balaban J connectivity index is 2.31. The highest BCUT2D eigenvalue weighted by Crippen LogP contribution is 2.40. The number of nitrogens with zero attached hydrogens (tertiary/aromatic N) is 2. The van der Waals surface area contributed by atoms with Crippen molar-refractivity contribution in [2.24, 2.45) is 10.2 Å². The molecule has 0 aromatic heterocycles. The van der Waals surface area contributed by atoms with Gasteiger partial charge >= 0.3 is 0 Å². The summed E-state index contributed by atoms with van der Waals surface area (Å²) in [5.74, 6) is -0.226. The van der Waals surface area contributed by atoms with Crippen molar-refractivity contribution in [3.63, 3.8) is 0 Å². The number of azo groups is 1. The lowest BCUT2D eigenvalue weighted by Gasteiger charge is -2.09. The van der Waals surface area contributed by atoms with Crippen LogP contribution in [-0.4, -0.2) is 18.1 Å². The van der Waals surface area contributed by atoms with Crippen molar-refractivity contribution < 1.29 is 18.1 Å². The fourth-order valence-electron chi connectivity index (χ4n) is 2.45. The number of benzene rings is 3. The molecule has 6 nitrogen and oxygen atoms in total. The minimum Gasteiger partial charge on any atom is -0.506 e. The lowest BCUT2D eigenvalue weighted by atomic mass is 10.1. The molecule has 0 amide bonds. The van der Waals surface area contributed by atoms with Gasteiger partial charge in [0.05, 0.1) is 5.69 Å². The highest BCUT2D eigenvalue weighted by Gasteiger charge is 2.19. The van der Waals surface area contributed by atoms with E-state index in [4.69, 9.17) is 0 Å². The van der Waals surface area contributed by atoms with E-state index in [1.807, 2.05) is 6.07 Å². The van der Waals surface area contributed by atoms with Crippen molar-refractivity contribution in [2.45, 2.75) is 11.8 Å². The second kappa shape index (κ2) is 6.03. The van der Waals surface area contributed by atoms with Crippen LogP contribution in [0.4, 0.5) is 11.4 Å². The van der Waals surface area contributed by atoms with E-state index in [2.05, 4.69) is 10.2 Å². The molecular weight excluding hydrogens is 328 g/mol. The van der Waals surface area contributed by atoms with E-state index < -0.39 is 10.1 Å². The number of hydrogen-bond acceptors (Lipinski definition) is 5. The van der Waals surface area contributed by atoms with Crippen LogP contribution < -0.4 is 0 Å². The van der Waals surface area contributed by atoms with E-state index in [9.17, 15) is 18.1 Å². The standard InChI is InChI=1S/C17H14N2O4S/c1-11-9-12-7-8-14(20)17(16(12)15(10-11)24(21,22)23)19-18-13-5-3-2-4-6-13/h2-10,20H,1H3,(H,21,22,23). The fraction of sp³-hybridized carbons (Fsp3) is 0.0588. The molecule has 122 valence electrons. The Labute approximate surface area is 138 Å². The molecule has 0 atom stereocenters. The first-order valence-corrected chi connectivity index (χ1v) is 8.51. The topological polar surface area (TPSA) is 99.3 Å². The van der Waals surface area contributed by atoms with Crippen LogP contribution in [-0.2, 0) is 10.1 Å². The van der Waals surface area contributed by atoms with Crippen LogP contribution in [0.15, 0.2) is 69.7 Å². The monoisotopic (exact) mass is 342 g/mol. The van der Waals surface area contributed by atoms with E-state index in [-0.39, 0.29) is 21.7 Å². The Morgan fingerprint density at radius 3 is 2.33 bits per heavy atom. The lowest BCUT2D eigenvalue weighted by molar-refractivity contribution is 0.477. The third-order valence-electron chi connectivity index (χ3n) is 3.48. The molecule has 0 unspecified atom stereocenters. The van der Waals surface area contributed by atoms with Crippen LogP contribution in [0.3, 0.4) is 0 Å². The smallest absolute Gasteiger partial charge is 0.295 e. The molecule has 0 aliphatic carbocycles. The molecule has 0 heterocycles. The molecule has 0 saturated carbocycles. The molecule has 0 saturated heterocycles. The predicted octanol–water partition coefficient (Wildman–Crippen LogP) is 4.52. The predicted molar refractivity (Wildman–Crippen MR) is 90.8 cm³/mol. The van der Waals surface area contributed by atoms with Crippen LogP contribution in [0.5, 0.6) is 5.75 Å².